The van der Waals surface area contributed by atoms with E-state index in [9.17, 15) is 0 Å². The molecule has 1 atom stereocenters. The van der Waals surface area contributed by atoms with Crippen LogP contribution in [0.4, 0.5) is 0 Å². The van der Waals surface area contributed by atoms with Crippen LogP contribution in [0.15, 0.2) is 0 Å². The number of halogens is 1. The van der Waals surface area contributed by atoms with E-state index in [0.29, 0.717) is 11.1 Å². The van der Waals surface area contributed by atoms with Crippen LogP contribution in [0.2, 0.25) is 5.15 Å². The molecule has 2 N–H and O–H groups in total. The molecule has 0 saturated heterocycles. The number of hydrogen-bond acceptors (Lipinski definition) is 3. The highest BCUT2D eigenvalue weighted by Crippen LogP contribution is 2.18. The highest BCUT2D eigenvalue weighted by atomic mass is 35.5. The van der Waals surface area contributed by atoms with E-state index in [4.69, 9.17) is 16.7 Å². The number of aryl methyl sites for hydroxylation is 2. The summed E-state index contributed by atoms with van der Waals surface area (Å²) in [6, 6.07) is 0. The summed E-state index contributed by atoms with van der Waals surface area (Å²) in [5.41, 5.74) is 2.05. The summed E-state index contributed by atoms with van der Waals surface area (Å²) in [6.07, 6.45) is 2.11. The van der Waals surface area contributed by atoms with Gasteiger partial charge >= 0.3 is 0 Å². The van der Waals surface area contributed by atoms with Crippen molar-refractivity contribution < 1.29 is 5.11 Å². The van der Waals surface area contributed by atoms with Gasteiger partial charge in [-0.05, 0) is 32.2 Å². The fraction of sp³-hybridized carbons (Fsp3) is 0.750. The predicted octanol–water partition coefficient (Wildman–Crippen LogP) is 1.88. The molecule has 1 unspecified atom stereocenters. The second-order valence-electron chi connectivity index (χ2n) is 4.59. The van der Waals surface area contributed by atoms with Crippen LogP contribution in [0.3, 0.4) is 0 Å². The van der Waals surface area contributed by atoms with Gasteiger partial charge in [0.15, 0.2) is 0 Å². The number of rotatable bonds is 7. The number of aliphatic hydroxyl groups excluding tert-OH is 1. The molecule has 0 aromatic carbocycles. The minimum Gasteiger partial charge on any atom is -0.396 e. The van der Waals surface area contributed by atoms with Crippen molar-refractivity contribution in [2.45, 2.75) is 33.2 Å². The lowest BCUT2D eigenvalue weighted by molar-refractivity contribution is 0.228. The Morgan fingerprint density at radius 1 is 1.53 bits per heavy atom. The van der Waals surface area contributed by atoms with Crippen molar-refractivity contribution >= 4 is 11.6 Å². The van der Waals surface area contributed by atoms with E-state index in [2.05, 4.69) is 17.3 Å². The molecule has 1 aromatic heterocycles. The summed E-state index contributed by atoms with van der Waals surface area (Å²) < 4.78 is 1.70. The third-order valence-electron chi connectivity index (χ3n) is 2.93. The van der Waals surface area contributed by atoms with E-state index in [1.54, 1.807) is 4.68 Å². The van der Waals surface area contributed by atoms with Gasteiger partial charge in [0.2, 0.25) is 0 Å². The Kier molecular flexibility index (Phi) is 5.95. The topological polar surface area (TPSA) is 50.1 Å². The van der Waals surface area contributed by atoms with Crippen molar-refractivity contribution in [3.63, 3.8) is 0 Å². The molecule has 0 spiro atoms. The highest BCUT2D eigenvalue weighted by Gasteiger charge is 2.10. The van der Waals surface area contributed by atoms with E-state index in [-0.39, 0.29) is 6.61 Å². The number of aromatic nitrogens is 2. The molecule has 17 heavy (non-hydrogen) atoms. The molecular weight excluding hydrogens is 238 g/mol. The zero-order chi connectivity index (χ0) is 12.8. The molecule has 5 heteroatoms. The van der Waals surface area contributed by atoms with Gasteiger partial charge in [-0.3, -0.25) is 4.68 Å². The molecule has 0 fully saturated rings. The van der Waals surface area contributed by atoms with Crippen molar-refractivity contribution in [2.75, 3.05) is 13.2 Å². The molecule has 0 radical (unpaired) electrons. The maximum absolute atomic E-state index is 8.90. The van der Waals surface area contributed by atoms with Gasteiger partial charge < -0.3 is 10.4 Å². The molecule has 1 aromatic rings. The average molecular weight is 260 g/mol. The molecule has 98 valence electrons. The van der Waals surface area contributed by atoms with Crippen molar-refractivity contribution in [1.82, 2.24) is 15.1 Å². The van der Waals surface area contributed by atoms with E-state index in [0.717, 1.165) is 37.2 Å². The molecular formula is C12H22ClN3O. The van der Waals surface area contributed by atoms with E-state index >= 15 is 0 Å². The minimum absolute atomic E-state index is 0.271. The molecule has 1 rings (SSSR count). The molecule has 0 saturated carbocycles. The van der Waals surface area contributed by atoms with Crippen molar-refractivity contribution in [1.29, 1.82) is 0 Å². The van der Waals surface area contributed by atoms with Crippen LogP contribution in [-0.4, -0.2) is 28.0 Å². The summed E-state index contributed by atoms with van der Waals surface area (Å²) in [4.78, 5) is 0. The molecule has 0 amide bonds. The number of hydrogen-bond donors (Lipinski definition) is 2. The van der Waals surface area contributed by atoms with Gasteiger partial charge in [-0.2, -0.15) is 5.10 Å². The van der Waals surface area contributed by atoms with Gasteiger partial charge in [0.25, 0.3) is 0 Å². The fourth-order valence-corrected chi connectivity index (χ4v) is 2.00. The first-order valence-electron chi connectivity index (χ1n) is 6.05. The quantitative estimate of drug-likeness (QED) is 0.735. The Morgan fingerprint density at radius 2 is 2.24 bits per heavy atom. The molecule has 1 heterocycles. The van der Waals surface area contributed by atoms with Crippen LogP contribution >= 0.6 is 11.6 Å². The predicted molar refractivity (Wildman–Crippen MR) is 70.1 cm³/mol. The van der Waals surface area contributed by atoms with Crippen molar-refractivity contribution in [2.24, 2.45) is 13.0 Å². The maximum atomic E-state index is 8.90. The minimum atomic E-state index is 0.271. The number of nitrogens with one attached hydrogen (secondary N) is 1. The smallest absolute Gasteiger partial charge is 0.131 e. The molecule has 0 aliphatic heterocycles. The Hall–Kier alpha value is -0.580. The summed E-state index contributed by atoms with van der Waals surface area (Å²) in [7, 11) is 1.85. The van der Waals surface area contributed by atoms with Gasteiger partial charge in [0.1, 0.15) is 5.15 Å². The SMILES string of the molecule is Cc1nn(C)c(Cl)c1CNCCCC(C)CO. The Labute approximate surface area is 108 Å². The molecule has 0 aliphatic rings. The van der Waals surface area contributed by atoms with Crippen LogP contribution in [0.25, 0.3) is 0 Å². The first-order valence-corrected chi connectivity index (χ1v) is 6.43. The Balaban J connectivity index is 2.27. The lowest BCUT2D eigenvalue weighted by Gasteiger charge is -2.08. The lowest BCUT2D eigenvalue weighted by Crippen LogP contribution is -2.16. The molecule has 0 aliphatic carbocycles. The van der Waals surface area contributed by atoms with E-state index in [1.807, 2.05) is 14.0 Å². The third kappa shape index (κ3) is 4.30. The fourth-order valence-electron chi connectivity index (χ4n) is 1.75. The largest absolute Gasteiger partial charge is 0.396 e. The molecule has 0 bridgehead atoms. The second kappa shape index (κ2) is 6.99. The number of nitrogens with zero attached hydrogens (tertiary/aromatic N) is 2. The van der Waals surface area contributed by atoms with Gasteiger partial charge in [-0.25, -0.2) is 0 Å². The van der Waals surface area contributed by atoms with E-state index < -0.39 is 0 Å². The van der Waals surface area contributed by atoms with Gasteiger partial charge in [0, 0.05) is 25.8 Å². The Bertz CT molecular complexity index is 352. The first-order chi connectivity index (χ1) is 8.06. The van der Waals surface area contributed by atoms with Crippen LogP contribution in [-0.2, 0) is 13.6 Å². The Morgan fingerprint density at radius 3 is 2.76 bits per heavy atom. The van der Waals surface area contributed by atoms with Crippen molar-refractivity contribution in [3.8, 4) is 0 Å². The second-order valence-corrected chi connectivity index (χ2v) is 4.94. The summed E-state index contributed by atoms with van der Waals surface area (Å²) in [5.74, 6) is 0.389. The lowest BCUT2D eigenvalue weighted by atomic mass is 10.1. The maximum Gasteiger partial charge on any atom is 0.131 e. The summed E-state index contributed by atoms with van der Waals surface area (Å²) >= 11 is 6.13. The van der Waals surface area contributed by atoms with Crippen LogP contribution in [0.5, 0.6) is 0 Å². The number of aliphatic hydroxyl groups is 1. The zero-order valence-corrected chi connectivity index (χ0v) is 11.6. The molecule has 4 nitrogen and oxygen atoms in total. The standard InChI is InChI=1S/C12H22ClN3O/c1-9(8-17)5-4-6-14-7-11-10(2)15-16(3)12(11)13/h9,14,17H,4-8H2,1-3H3. The zero-order valence-electron chi connectivity index (χ0n) is 10.8. The normalized spacial score (nSPS) is 13.0. The van der Waals surface area contributed by atoms with Crippen LogP contribution in [0, 0.1) is 12.8 Å². The van der Waals surface area contributed by atoms with Crippen LogP contribution < -0.4 is 5.32 Å². The van der Waals surface area contributed by atoms with Crippen LogP contribution in [0.1, 0.15) is 31.0 Å². The highest BCUT2D eigenvalue weighted by molar-refractivity contribution is 6.30. The van der Waals surface area contributed by atoms with Crippen molar-refractivity contribution in [3.05, 3.63) is 16.4 Å². The van der Waals surface area contributed by atoms with E-state index in [1.165, 1.54) is 0 Å². The average Bonchev–Trinajstić information content (AvgIpc) is 2.54. The first kappa shape index (κ1) is 14.5. The van der Waals surface area contributed by atoms with Gasteiger partial charge in [-0.15, -0.1) is 0 Å². The third-order valence-corrected chi connectivity index (χ3v) is 3.41. The monoisotopic (exact) mass is 259 g/mol. The summed E-state index contributed by atoms with van der Waals surface area (Å²) in [6.45, 7) is 5.99. The summed E-state index contributed by atoms with van der Waals surface area (Å²) in [5, 5.41) is 17.2. The van der Waals surface area contributed by atoms with Gasteiger partial charge in [-0.1, -0.05) is 18.5 Å². The van der Waals surface area contributed by atoms with Gasteiger partial charge in [0.05, 0.1) is 5.69 Å².